The first-order valence-corrected chi connectivity index (χ1v) is 8.31. The maximum atomic E-state index is 12.5. The van der Waals surface area contributed by atoms with Crippen LogP contribution in [0.4, 0.5) is 0 Å². The normalized spacial score (nSPS) is 13.2. The minimum Gasteiger partial charge on any atom is -0.491 e. The Kier molecular flexibility index (Phi) is 5.60. The van der Waals surface area contributed by atoms with E-state index in [0.717, 1.165) is 5.56 Å². The maximum Gasteiger partial charge on any atom is 0.274 e. The molecule has 0 saturated carbocycles. The highest BCUT2D eigenvalue weighted by Crippen LogP contribution is 2.25. The van der Waals surface area contributed by atoms with Gasteiger partial charge in [-0.1, -0.05) is 23.7 Å². The highest BCUT2D eigenvalue weighted by Gasteiger charge is 2.21. The lowest BCUT2D eigenvalue weighted by Gasteiger charge is -2.20. The molecule has 2 aromatic carbocycles. The standard InChI is InChI=1S/C18H17ClN2O5/c19-14-2-1-3-15(9-14)26-11-17(22)21-6-7-25-16-8-12(18(23)20-24)4-5-13(16)10-21/h1-5,8-9,24H,6-7,10-11H2,(H,20,23). The summed E-state index contributed by atoms with van der Waals surface area (Å²) in [4.78, 5) is 25.6. The topological polar surface area (TPSA) is 88.1 Å². The second-order valence-corrected chi connectivity index (χ2v) is 6.11. The average Bonchev–Trinajstić information content (AvgIpc) is 2.87. The van der Waals surface area contributed by atoms with Crippen LogP contribution in [0.2, 0.25) is 5.02 Å². The Hall–Kier alpha value is -2.77. The molecule has 8 heteroatoms. The van der Waals surface area contributed by atoms with E-state index >= 15 is 0 Å². The predicted octanol–water partition coefficient (Wildman–Crippen LogP) is 2.26. The molecule has 0 radical (unpaired) electrons. The molecule has 0 spiro atoms. The van der Waals surface area contributed by atoms with Crippen molar-refractivity contribution in [2.75, 3.05) is 19.8 Å². The molecular weight excluding hydrogens is 360 g/mol. The van der Waals surface area contributed by atoms with Gasteiger partial charge in [-0.25, -0.2) is 5.48 Å². The Morgan fingerprint density at radius 3 is 2.88 bits per heavy atom. The SMILES string of the molecule is O=C(NO)c1ccc2c(c1)OCCN(C(=O)COc1cccc(Cl)c1)C2. The molecule has 0 bridgehead atoms. The highest BCUT2D eigenvalue weighted by molar-refractivity contribution is 6.30. The van der Waals surface area contributed by atoms with Crippen molar-refractivity contribution < 1.29 is 24.3 Å². The van der Waals surface area contributed by atoms with Crippen molar-refractivity contribution in [3.05, 3.63) is 58.6 Å². The van der Waals surface area contributed by atoms with E-state index in [1.807, 2.05) is 0 Å². The number of amides is 2. The molecule has 0 aromatic heterocycles. The fourth-order valence-corrected chi connectivity index (χ4v) is 2.76. The van der Waals surface area contributed by atoms with Crippen LogP contribution in [0.15, 0.2) is 42.5 Å². The van der Waals surface area contributed by atoms with E-state index in [1.165, 1.54) is 6.07 Å². The van der Waals surface area contributed by atoms with Gasteiger partial charge in [0.1, 0.15) is 18.1 Å². The van der Waals surface area contributed by atoms with Crippen LogP contribution in [0.1, 0.15) is 15.9 Å². The molecule has 0 saturated heterocycles. The number of nitrogens with one attached hydrogen (secondary N) is 1. The van der Waals surface area contributed by atoms with E-state index in [0.29, 0.717) is 36.2 Å². The second kappa shape index (κ2) is 8.07. The van der Waals surface area contributed by atoms with Crippen molar-refractivity contribution >= 4 is 23.4 Å². The largest absolute Gasteiger partial charge is 0.491 e. The summed E-state index contributed by atoms with van der Waals surface area (Å²) in [5, 5.41) is 9.25. The summed E-state index contributed by atoms with van der Waals surface area (Å²) in [5.41, 5.74) is 2.63. The van der Waals surface area contributed by atoms with Crippen molar-refractivity contribution in [3.63, 3.8) is 0 Å². The molecule has 1 heterocycles. The van der Waals surface area contributed by atoms with Crippen LogP contribution in [0, 0.1) is 0 Å². The molecule has 7 nitrogen and oxygen atoms in total. The van der Waals surface area contributed by atoms with E-state index in [-0.39, 0.29) is 18.1 Å². The molecule has 1 aliphatic heterocycles. The van der Waals surface area contributed by atoms with Crippen molar-refractivity contribution in [2.45, 2.75) is 6.54 Å². The number of ether oxygens (including phenoxy) is 2. The molecule has 2 aromatic rings. The van der Waals surface area contributed by atoms with E-state index < -0.39 is 5.91 Å². The molecule has 26 heavy (non-hydrogen) atoms. The van der Waals surface area contributed by atoms with Gasteiger partial charge in [0.25, 0.3) is 11.8 Å². The van der Waals surface area contributed by atoms with Crippen LogP contribution in [0.25, 0.3) is 0 Å². The van der Waals surface area contributed by atoms with E-state index in [4.69, 9.17) is 26.3 Å². The van der Waals surface area contributed by atoms with Crippen LogP contribution >= 0.6 is 11.6 Å². The lowest BCUT2D eigenvalue weighted by molar-refractivity contribution is -0.134. The van der Waals surface area contributed by atoms with Gasteiger partial charge in [0, 0.05) is 22.7 Å². The van der Waals surface area contributed by atoms with Crippen LogP contribution < -0.4 is 15.0 Å². The van der Waals surface area contributed by atoms with E-state index in [9.17, 15) is 9.59 Å². The Morgan fingerprint density at radius 1 is 1.27 bits per heavy atom. The van der Waals surface area contributed by atoms with Gasteiger partial charge in [0.2, 0.25) is 0 Å². The smallest absolute Gasteiger partial charge is 0.274 e. The summed E-state index contributed by atoms with van der Waals surface area (Å²) in [6.45, 7) is 0.919. The Labute approximate surface area is 155 Å². The first-order chi connectivity index (χ1) is 12.6. The van der Waals surface area contributed by atoms with Gasteiger partial charge in [-0.2, -0.15) is 0 Å². The zero-order chi connectivity index (χ0) is 18.5. The molecule has 0 aliphatic carbocycles. The van der Waals surface area contributed by atoms with Gasteiger partial charge in [0.15, 0.2) is 6.61 Å². The number of carbonyl (C=O) groups excluding carboxylic acids is 2. The number of fused-ring (bicyclic) bond motifs is 1. The zero-order valence-electron chi connectivity index (χ0n) is 13.8. The lowest BCUT2D eigenvalue weighted by atomic mass is 10.1. The highest BCUT2D eigenvalue weighted by atomic mass is 35.5. The molecular formula is C18H17ClN2O5. The number of carbonyl (C=O) groups is 2. The van der Waals surface area contributed by atoms with Gasteiger partial charge in [-0.3, -0.25) is 14.8 Å². The molecule has 3 rings (SSSR count). The number of halogens is 1. The van der Waals surface area contributed by atoms with Gasteiger partial charge >= 0.3 is 0 Å². The quantitative estimate of drug-likeness (QED) is 0.631. The lowest BCUT2D eigenvalue weighted by Crippen LogP contribution is -2.36. The van der Waals surface area contributed by atoms with Gasteiger partial charge in [-0.05, 0) is 30.3 Å². The Bertz CT molecular complexity index is 827. The van der Waals surface area contributed by atoms with Crippen LogP contribution in [0.5, 0.6) is 11.5 Å². The van der Waals surface area contributed by atoms with Crippen LogP contribution in [-0.4, -0.2) is 41.7 Å². The van der Waals surface area contributed by atoms with Crippen molar-refractivity contribution in [1.29, 1.82) is 0 Å². The summed E-state index contributed by atoms with van der Waals surface area (Å²) in [6, 6.07) is 11.6. The van der Waals surface area contributed by atoms with Crippen LogP contribution in [-0.2, 0) is 11.3 Å². The first kappa shape index (κ1) is 18.0. The number of rotatable bonds is 4. The molecule has 1 aliphatic rings. The first-order valence-electron chi connectivity index (χ1n) is 7.93. The number of nitrogens with zero attached hydrogens (tertiary/aromatic N) is 1. The summed E-state index contributed by atoms with van der Waals surface area (Å²) < 4.78 is 11.1. The number of hydrogen-bond donors (Lipinski definition) is 2. The maximum absolute atomic E-state index is 12.5. The Morgan fingerprint density at radius 2 is 2.12 bits per heavy atom. The number of hydrogen-bond acceptors (Lipinski definition) is 5. The van der Waals surface area contributed by atoms with E-state index in [1.54, 1.807) is 46.8 Å². The van der Waals surface area contributed by atoms with Crippen LogP contribution in [0.3, 0.4) is 0 Å². The van der Waals surface area contributed by atoms with Gasteiger partial charge in [-0.15, -0.1) is 0 Å². The van der Waals surface area contributed by atoms with Gasteiger partial charge < -0.3 is 14.4 Å². The van der Waals surface area contributed by atoms with E-state index in [2.05, 4.69) is 0 Å². The zero-order valence-corrected chi connectivity index (χ0v) is 14.5. The third-order valence-corrected chi connectivity index (χ3v) is 4.16. The Balaban J connectivity index is 1.66. The van der Waals surface area contributed by atoms with Gasteiger partial charge in [0.05, 0.1) is 6.54 Å². The average molecular weight is 377 g/mol. The predicted molar refractivity (Wildman–Crippen MR) is 93.6 cm³/mol. The fraction of sp³-hybridized carbons (Fsp3) is 0.222. The third kappa shape index (κ3) is 4.25. The summed E-state index contributed by atoms with van der Waals surface area (Å²) in [5.74, 6) is 0.233. The molecule has 2 N–H and O–H groups in total. The second-order valence-electron chi connectivity index (χ2n) is 5.67. The number of benzene rings is 2. The molecule has 0 fully saturated rings. The number of hydroxylamine groups is 1. The summed E-state index contributed by atoms with van der Waals surface area (Å²) >= 11 is 5.90. The minimum atomic E-state index is -0.622. The molecule has 0 unspecified atom stereocenters. The monoisotopic (exact) mass is 376 g/mol. The van der Waals surface area contributed by atoms with Crippen molar-refractivity contribution in [3.8, 4) is 11.5 Å². The summed E-state index contributed by atoms with van der Waals surface area (Å²) in [6.07, 6.45) is 0. The molecule has 2 amide bonds. The third-order valence-electron chi connectivity index (χ3n) is 3.92. The van der Waals surface area contributed by atoms with Crippen molar-refractivity contribution in [2.24, 2.45) is 0 Å². The molecule has 0 atom stereocenters. The summed E-state index contributed by atoms with van der Waals surface area (Å²) in [7, 11) is 0. The van der Waals surface area contributed by atoms with Crippen molar-refractivity contribution in [1.82, 2.24) is 10.4 Å². The molecule has 136 valence electrons. The fourth-order valence-electron chi connectivity index (χ4n) is 2.58. The minimum absolute atomic E-state index is 0.110.